The Labute approximate surface area is 90.3 Å². The summed E-state index contributed by atoms with van der Waals surface area (Å²) in [6.07, 6.45) is 1.85. The maximum atomic E-state index is 13.1. The van der Waals surface area contributed by atoms with Crippen LogP contribution in [0.1, 0.15) is 13.3 Å². The molecule has 3 nitrogen and oxygen atoms in total. The highest BCUT2D eigenvalue weighted by molar-refractivity contribution is 5.74. The van der Waals surface area contributed by atoms with Crippen LogP contribution in [0.3, 0.4) is 0 Å². The molecule has 0 atom stereocenters. The highest BCUT2D eigenvalue weighted by Crippen LogP contribution is 2.15. The quantitative estimate of drug-likeness (QED) is 0.782. The van der Waals surface area contributed by atoms with Crippen LogP contribution >= 0.6 is 0 Å². The zero-order valence-electron chi connectivity index (χ0n) is 8.70. The second-order valence-corrected chi connectivity index (χ2v) is 3.50. The standard InChI is InChI=1S/C11H10F2N2O/c1-2-3-15-10-5-8(13)7(12)4-9(10)14-6-11(15)16/h4-6H,2-3H2,1H3. The van der Waals surface area contributed by atoms with Crippen LogP contribution in [0.25, 0.3) is 11.0 Å². The summed E-state index contributed by atoms with van der Waals surface area (Å²) in [5.41, 5.74) is 0.306. The van der Waals surface area contributed by atoms with Gasteiger partial charge >= 0.3 is 0 Å². The Bertz CT molecular complexity index is 592. The zero-order valence-corrected chi connectivity index (χ0v) is 8.70. The van der Waals surface area contributed by atoms with E-state index in [4.69, 9.17) is 0 Å². The molecule has 5 heteroatoms. The minimum atomic E-state index is -0.968. The van der Waals surface area contributed by atoms with Crippen LogP contribution in [0.5, 0.6) is 0 Å². The average molecular weight is 224 g/mol. The minimum absolute atomic E-state index is 0.284. The second-order valence-electron chi connectivity index (χ2n) is 3.50. The third-order valence-corrected chi connectivity index (χ3v) is 2.34. The molecule has 0 aliphatic carbocycles. The smallest absolute Gasteiger partial charge is 0.269 e. The topological polar surface area (TPSA) is 34.9 Å². The van der Waals surface area contributed by atoms with E-state index in [9.17, 15) is 13.6 Å². The Kier molecular flexibility index (Phi) is 2.68. The van der Waals surface area contributed by atoms with Gasteiger partial charge < -0.3 is 4.57 Å². The van der Waals surface area contributed by atoms with Crippen molar-refractivity contribution in [3.63, 3.8) is 0 Å². The summed E-state index contributed by atoms with van der Waals surface area (Å²) in [6, 6.07) is 2.00. The number of aryl methyl sites for hydroxylation is 1. The first-order valence-corrected chi connectivity index (χ1v) is 4.98. The minimum Gasteiger partial charge on any atom is -0.305 e. The van der Waals surface area contributed by atoms with Gasteiger partial charge in [0.1, 0.15) is 0 Å². The fourth-order valence-corrected chi connectivity index (χ4v) is 1.61. The molecule has 1 heterocycles. The van der Waals surface area contributed by atoms with Gasteiger partial charge in [0, 0.05) is 18.7 Å². The number of fused-ring (bicyclic) bond motifs is 1. The van der Waals surface area contributed by atoms with Crippen LogP contribution in [0.2, 0.25) is 0 Å². The Morgan fingerprint density at radius 2 is 2.00 bits per heavy atom. The number of benzene rings is 1. The molecule has 0 saturated carbocycles. The van der Waals surface area contributed by atoms with Crippen LogP contribution in [-0.2, 0) is 6.54 Å². The maximum Gasteiger partial charge on any atom is 0.269 e. The van der Waals surface area contributed by atoms with Crippen molar-refractivity contribution in [3.8, 4) is 0 Å². The fraction of sp³-hybridized carbons (Fsp3) is 0.273. The highest BCUT2D eigenvalue weighted by atomic mass is 19.2. The molecule has 0 radical (unpaired) electrons. The molecule has 0 bridgehead atoms. The highest BCUT2D eigenvalue weighted by Gasteiger charge is 2.09. The van der Waals surface area contributed by atoms with Gasteiger partial charge in [-0.2, -0.15) is 0 Å². The molecule has 0 amide bonds. The van der Waals surface area contributed by atoms with Crippen molar-refractivity contribution in [2.45, 2.75) is 19.9 Å². The van der Waals surface area contributed by atoms with Crippen LogP contribution < -0.4 is 5.56 Å². The van der Waals surface area contributed by atoms with Gasteiger partial charge in [-0.25, -0.2) is 13.8 Å². The summed E-state index contributed by atoms with van der Waals surface area (Å²) in [7, 11) is 0. The Morgan fingerprint density at radius 1 is 1.31 bits per heavy atom. The lowest BCUT2D eigenvalue weighted by molar-refractivity contribution is 0.509. The summed E-state index contributed by atoms with van der Waals surface area (Å²) < 4.78 is 27.4. The van der Waals surface area contributed by atoms with Crippen molar-refractivity contribution in [3.05, 3.63) is 40.3 Å². The van der Waals surface area contributed by atoms with Crippen molar-refractivity contribution in [2.24, 2.45) is 0 Å². The van der Waals surface area contributed by atoms with E-state index >= 15 is 0 Å². The van der Waals surface area contributed by atoms with Gasteiger partial charge in [-0.3, -0.25) is 4.79 Å². The summed E-state index contributed by atoms with van der Waals surface area (Å²) in [5, 5.41) is 0. The first-order chi connectivity index (χ1) is 7.63. The van der Waals surface area contributed by atoms with E-state index < -0.39 is 11.6 Å². The molecule has 0 fully saturated rings. The van der Waals surface area contributed by atoms with E-state index in [0.717, 1.165) is 24.8 Å². The molecule has 0 unspecified atom stereocenters. The summed E-state index contributed by atoms with van der Waals surface area (Å²) in [6.45, 7) is 2.36. The fourth-order valence-electron chi connectivity index (χ4n) is 1.61. The van der Waals surface area contributed by atoms with Crippen molar-refractivity contribution >= 4 is 11.0 Å². The maximum absolute atomic E-state index is 13.1. The molecular formula is C11H10F2N2O. The van der Waals surface area contributed by atoms with Gasteiger partial charge in [0.05, 0.1) is 17.2 Å². The Morgan fingerprint density at radius 3 is 2.69 bits per heavy atom. The van der Waals surface area contributed by atoms with E-state index in [1.54, 1.807) is 0 Å². The number of hydrogen-bond acceptors (Lipinski definition) is 2. The number of aromatic nitrogens is 2. The third-order valence-electron chi connectivity index (χ3n) is 2.34. The average Bonchev–Trinajstić information content (AvgIpc) is 2.25. The molecule has 0 saturated heterocycles. The van der Waals surface area contributed by atoms with Crippen molar-refractivity contribution in [1.82, 2.24) is 9.55 Å². The lowest BCUT2D eigenvalue weighted by Gasteiger charge is -2.08. The van der Waals surface area contributed by atoms with Gasteiger partial charge in [0.25, 0.3) is 5.56 Å². The monoisotopic (exact) mass is 224 g/mol. The van der Waals surface area contributed by atoms with Gasteiger partial charge in [0.2, 0.25) is 0 Å². The van der Waals surface area contributed by atoms with Gasteiger partial charge in [-0.1, -0.05) is 6.92 Å². The molecule has 1 aromatic heterocycles. The van der Waals surface area contributed by atoms with E-state index in [0.29, 0.717) is 12.1 Å². The Balaban J connectivity index is 2.81. The molecule has 2 rings (SSSR count). The van der Waals surface area contributed by atoms with Gasteiger partial charge in [-0.05, 0) is 6.42 Å². The SMILES string of the molecule is CCCn1c(=O)cnc2cc(F)c(F)cc21. The van der Waals surface area contributed by atoms with Crippen molar-refractivity contribution < 1.29 is 8.78 Å². The molecule has 0 N–H and O–H groups in total. The molecular weight excluding hydrogens is 214 g/mol. The summed E-state index contributed by atoms with van der Waals surface area (Å²) >= 11 is 0. The first-order valence-electron chi connectivity index (χ1n) is 4.98. The number of rotatable bonds is 2. The van der Waals surface area contributed by atoms with E-state index in [-0.39, 0.29) is 11.1 Å². The predicted molar refractivity (Wildman–Crippen MR) is 56.2 cm³/mol. The van der Waals surface area contributed by atoms with Gasteiger partial charge in [-0.15, -0.1) is 0 Å². The number of hydrogen-bond donors (Lipinski definition) is 0. The van der Waals surface area contributed by atoms with Crippen LogP contribution in [0, 0.1) is 11.6 Å². The largest absolute Gasteiger partial charge is 0.305 e. The molecule has 16 heavy (non-hydrogen) atoms. The lowest BCUT2D eigenvalue weighted by Crippen LogP contribution is -2.20. The number of halogens is 2. The summed E-state index contributed by atoms with van der Waals surface area (Å²) in [4.78, 5) is 15.3. The predicted octanol–water partition coefficient (Wildman–Crippen LogP) is 2.08. The molecule has 0 spiro atoms. The van der Waals surface area contributed by atoms with Crippen molar-refractivity contribution in [2.75, 3.05) is 0 Å². The van der Waals surface area contributed by atoms with Crippen LogP contribution in [0.4, 0.5) is 8.78 Å². The van der Waals surface area contributed by atoms with Crippen LogP contribution in [-0.4, -0.2) is 9.55 Å². The lowest BCUT2D eigenvalue weighted by atomic mass is 10.2. The summed E-state index contributed by atoms with van der Waals surface area (Å²) in [5.74, 6) is -1.92. The Hall–Kier alpha value is -1.78. The molecule has 84 valence electrons. The van der Waals surface area contributed by atoms with E-state index in [1.165, 1.54) is 4.57 Å². The van der Waals surface area contributed by atoms with E-state index in [2.05, 4.69) is 4.98 Å². The zero-order chi connectivity index (χ0) is 11.7. The van der Waals surface area contributed by atoms with Crippen molar-refractivity contribution in [1.29, 1.82) is 0 Å². The van der Waals surface area contributed by atoms with E-state index in [1.807, 2.05) is 6.92 Å². The van der Waals surface area contributed by atoms with Gasteiger partial charge in [0.15, 0.2) is 11.6 Å². The third kappa shape index (κ3) is 1.68. The molecule has 0 aliphatic rings. The number of nitrogens with zero attached hydrogens (tertiary/aromatic N) is 2. The molecule has 2 aromatic rings. The first kappa shape index (κ1) is 10.7. The molecule has 0 aliphatic heterocycles. The van der Waals surface area contributed by atoms with Crippen LogP contribution in [0.15, 0.2) is 23.1 Å². The molecule has 1 aromatic carbocycles. The normalized spacial score (nSPS) is 10.9. The second kappa shape index (κ2) is 4.00.